The van der Waals surface area contributed by atoms with Gasteiger partial charge in [-0.3, -0.25) is 4.79 Å². The molecule has 0 spiro atoms. The van der Waals surface area contributed by atoms with Crippen molar-refractivity contribution in [1.29, 1.82) is 0 Å². The zero-order chi connectivity index (χ0) is 18.0. The predicted molar refractivity (Wildman–Crippen MR) is 102 cm³/mol. The first-order valence-corrected chi connectivity index (χ1v) is 10.9. The first-order valence-electron chi connectivity index (χ1n) is 8.57. The molecule has 1 amide bonds. The molecule has 0 atom stereocenters. The number of hydrogen-bond donors (Lipinski definition) is 2. The zero-order valence-electron chi connectivity index (χ0n) is 14.2. The SMILES string of the molecule is O=C(O)CC1(CNC(=O)OCCSSc2ccccc2)CCCCC1. The van der Waals surface area contributed by atoms with E-state index in [1.165, 1.54) is 4.90 Å². The largest absolute Gasteiger partial charge is 0.481 e. The van der Waals surface area contributed by atoms with Crippen molar-refractivity contribution in [1.82, 2.24) is 5.32 Å². The fourth-order valence-corrected chi connectivity index (χ4v) is 4.94. The highest BCUT2D eigenvalue weighted by molar-refractivity contribution is 8.76. The van der Waals surface area contributed by atoms with Crippen molar-refractivity contribution < 1.29 is 19.4 Å². The van der Waals surface area contributed by atoms with Gasteiger partial charge in [-0.1, -0.05) is 59.0 Å². The number of carboxylic acid groups (broad SMARTS) is 1. The summed E-state index contributed by atoms with van der Waals surface area (Å²) in [6.07, 6.45) is 4.54. The van der Waals surface area contributed by atoms with Gasteiger partial charge < -0.3 is 15.2 Å². The number of amides is 1. The van der Waals surface area contributed by atoms with Crippen molar-refractivity contribution >= 4 is 33.7 Å². The number of benzene rings is 1. The van der Waals surface area contributed by atoms with Crippen LogP contribution in [-0.4, -0.2) is 36.1 Å². The Bertz CT molecular complexity index is 547. The molecule has 1 aromatic rings. The van der Waals surface area contributed by atoms with Gasteiger partial charge in [-0.05, 0) is 30.4 Å². The minimum absolute atomic E-state index is 0.108. The molecule has 1 aromatic carbocycles. The molecule has 0 radical (unpaired) electrons. The van der Waals surface area contributed by atoms with Crippen LogP contribution in [0.5, 0.6) is 0 Å². The topological polar surface area (TPSA) is 75.6 Å². The monoisotopic (exact) mass is 383 g/mol. The third-order valence-electron chi connectivity index (χ3n) is 4.35. The second kappa shape index (κ2) is 10.6. The van der Waals surface area contributed by atoms with Gasteiger partial charge in [0.05, 0.1) is 6.42 Å². The standard InChI is InChI=1S/C18H25NO4S2/c20-16(21)13-18(9-5-2-6-10-18)14-19-17(22)23-11-12-24-25-15-7-3-1-4-8-15/h1,3-4,7-8H,2,5-6,9-14H2,(H,19,22)(H,20,21). The molecule has 2 rings (SSSR count). The smallest absolute Gasteiger partial charge is 0.407 e. The van der Waals surface area contributed by atoms with Gasteiger partial charge in [-0.2, -0.15) is 0 Å². The van der Waals surface area contributed by atoms with E-state index in [0.717, 1.165) is 32.1 Å². The van der Waals surface area contributed by atoms with E-state index in [9.17, 15) is 9.59 Å². The number of alkyl carbamates (subject to hydrolysis) is 1. The summed E-state index contributed by atoms with van der Waals surface area (Å²) in [7, 11) is 3.29. The number of carbonyl (C=O) groups excluding carboxylic acids is 1. The maximum atomic E-state index is 11.9. The van der Waals surface area contributed by atoms with E-state index < -0.39 is 12.1 Å². The molecular formula is C18H25NO4S2. The summed E-state index contributed by atoms with van der Waals surface area (Å²) in [5, 5.41) is 11.9. The van der Waals surface area contributed by atoms with Crippen LogP contribution in [0.1, 0.15) is 38.5 Å². The third kappa shape index (κ3) is 7.61. The van der Waals surface area contributed by atoms with Crippen LogP contribution in [0.15, 0.2) is 35.2 Å². The van der Waals surface area contributed by atoms with Crippen molar-refractivity contribution in [2.45, 2.75) is 43.4 Å². The summed E-state index contributed by atoms with van der Waals surface area (Å²) in [5.41, 5.74) is -0.318. The van der Waals surface area contributed by atoms with Gasteiger partial charge in [0, 0.05) is 17.2 Å². The van der Waals surface area contributed by atoms with Crippen molar-refractivity contribution in [3.05, 3.63) is 30.3 Å². The van der Waals surface area contributed by atoms with Crippen molar-refractivity contribution in [3.8, 4) is 0 Å². The van der Waals surface area contributed by atoms with E-state index >= 15 is 0 Å². The van der Waals surface area contributed by atoms with Gasteiger partial charge in [0.2, 0.25) is 0 Å². The molecule has 5 nitrogen and oxygen atoms in total. The molecule has 25 heavy (non-hydrogen) atoms. The average molecular weight is 384 g/mol. The summed E-state index contributed by atoms with van der Waals surface area (Å²) in [6, 6.07) is 10.0. The normalized spacial score (nSPS) is 16.2. The summed E-state index contributed by atoms with van der Waals surface area (Å²) in [6.45, 7) is 0.715. The van der Waals surface area contributed by atoms with Gasteiger partial charge in [0.25, 0.3) is 0 Å². The Morgan fingerprint density at radius 1 is 1.16 bits per heavy atom. The molecular weight excluding hydrogens is 358 g/mol. The molecule has 0 aliphatic heterocycles. The summed E-state index contributed by atoms with van der Waals surface area (Å²) in [5.74, 6) is -0.0980. The summed E-state index contributed by atoms with van der Waals surface area (Å²) >= 11 is 0. The molecule has 7 heteroatoms. The van der Waals surface area contributed by atoms with Crippen LogP contribution in [0.2, 0.25) is 0 Å². The molecule has 1 aliphatic carbocycles. The van der Waals surface area contributed by atoms with Gasteiger partial charge in [-0.15, -0.1) is 0 Å². The van der Waals surface area contributed by atoms with E-state index in [2.05, 4.69) is 5.32 Å². The number of carbonyl (C=O) groups is 2. The molecule has 1 saturated carbocycles. The fourth-order valence-electron chi connectivity index (χ4n) is 3.10. The van der Waals surface area contributed by atoms with E-state index in [-0.39, 0.29) is 11.8 Å². The van der Waals surface area contributed by atoms with Gasteiger partial charge >= 0.3 is 12.1 Å². The highest BCUT2D eigenvalue weighted by Crippen LogP contribution is 2.38. The molecule has 0 heterocycles. The maximum absolute atomic E-state index is 11.9. The average Bonchev–Trinajstić information content (AvgIpc) is 2.61. The number of nitrogens with one attached hydrogen (secondary N) is 1. The molecule has 2 N–H and O–H groups in total. The van der Waals surface area contributed by atoms with Crippen LogP contribution in [0.25, 0.3) is 0 Å². The molecule has 138 valence electrons. The van der Waals surface area contributed by atoms with Crippen LogP contribution in [0.4, 0.5) is 4.79 Å². The van der Waals surface area contributed by atoms with Gasteiger partial charge in [0.1, 0.15) is 6.61 Å². The van der Waals surface area contributed by atoms with Gasteiger partial charge in [0.15, 0.2) is 0 Å². The Hall–Kier alpha value is -1.34. The number of aliphatic carboxylic acids is 1. The predicted octanol–water partition coefficient (Wildman–Crippen LogP) is 4.58. The molecule has 0 bridgehead atoms. The summed E-state index contributed by atoms with van der Waals surface area (Å²) < 4.78 is 5.19. The lowest BCUT2D eigenvalue weighted by atomic mass is 9.72. The fraction of sp³-hybridized carbons (Fsp3) is 0.556. The number of rotatable bonds is 9. The lowest BCUT2D eigenvalue weighted by Crippen LogP contribution is -2.40. The van der Waals surface area contributed by atoms with E-state index in [0.29, 0.717) is 18.9 Å². The van der Waals surface area contributed by atoms with Crippen LogP contribution < -0.4 is 5.32 Å². The minimum atomic E-state index is -0.800. The molecule has 1 fully saturated rings. The van der Waals surface area contributed by atoms with Crippen LogP contribution >= 0.6 is 21.6 Å². The third-order valence-corrected chi connectivity index (χ3v) is 6.69. The highest BCUT2D eigenvalue weighted by atomic mass is 33.1. The zero-order valence-corrected chi connectivity index (χ0v) is 15.9. The maximum Gasteiger partial charge on any atom is 0.407 e. The molecule has 0 aromatic heterocycles. The Labute approximate surface area is 156 Å². The van der Waals surface area contributed by atoms with E-state index in [4.69, 9.17) is 9.84 Å². The van der Waals surface area contributed by atoms with E-state index in [1.807, 2.05) is 30.3 Å². The highest BCUT2D eigenvalue weighted by Gasteiger charge is 2.34. The number of hydrogen-bond acceptors (Lipinski definition) is 5. The van der Waals surface area contributed by atoms with Gasteiger partial charge in [-0.25, -0.2) is 4.79 Å². The first-order chi connectivity index (χ1) is 12.1. The number of ether oxygens (including phenoxy) is 1. The first kappa shape index (κ1) is 20.0. The second-order valence-corrected chi connectivity index (χ2v) is 8.83. The molecule has 0 unspecified atom stereocenters. The van der Waals surface area contributed by atoms with E-state index in [1.54, 1.807) is 21.6 Å². The van der Waals surface area contributed by atoms with Crippen molar-refractivity contribution in [3.63, 3.8) is 0 Å². The Kier molecular flexibility index (Phi) is 8.48. The second-order valence-electron chi connectivity index (χ2n) is 6.34. The van der Waals surface area contributed by atoms with Crippen LogP contribution in [-0.2, 0) is 9.53 Å². The number of carboxylic acids is 1. The molecule has 0 saturated heterocycles. The van der Waals surface area contributed by atoms with Crippen LogP contribution in [0.3, 0.4) is 0 Å². The quantitative estimate of drug-likeness (QED) is 0.480. The molecule has 1 aliphatic rings. The van der Waals surface area contributed by atoms with Crippen molar-refractivity contribution in [2.24, 2.45) is 5.41 Å². The Morgan fingerprint density at radius 2 is 1.88 bits per heavy atom. The van der Waals surface area contributed by atoms with Crippen LogP contribution in [0, 0.1) is 5.41 Å². The van der Waals surface area contributed by atoms with Crippen molar-refractivity contribution in [2.75, 3.05) is 18.9 Å². The minimum Gasteiger partial charge on any atom is -0.481 e. The Morgan fingerprint density at radius 3 is 2.56 bits per heavy atom. The lowest BCUT2D eigenvalue weighted by Gasteiger charge is -2.36. The Balaban J connectivity index is 1.63. The summed E-state index contributed by atoms with van der Waals surface area (Å²) in [4.78, 5) is 24.2. The lowest BCUT2D eigenvalue weighted by molar-refractivity contribution is -0.140.